The number of rotatable bonds is 4. The van der Waals surface area contributed by atoms with E-state index < -0.39 is 0 Å². The van der Waals surface area contributed by atoms with Gasteiger partial charge in [0.2, 0.25) is 0 Å². The van der Waals surface area contributed by atoms with Gasteiger partial charge in [-0.15, -0.1) is 15.3 Å². The summed E-state index contributed by atoms with van der Waals surface area (Å²) < 4.78 is 1.82. The topological polar surface area (TPSA) is 55.1 Å². The minimum atomic E-state index is -0.0882. The molecule has 114 valence electrons. The van der Waals surface area contributed by atoms with Crippen LogP contribution in [-0.2, 0) is 11.8 Å². The fourth-order valence-corrected chi connectivity index (χ4v) is 2.33. The first-order valence-corrected chi connectivity index (χ1v) is 7.55. The van der Waals surface area contributed by atoms with Crippen LogP contribution in [0, 0.1) is 0 Å². The summed E-state index contributed by atoms with van der Waals surface area (Å²) in [6.45, 7) is 7.18. The molecule has 3 rings (SSSR count). The Morgan fingerprint density at radius 3 is 2.50 bits per heavy atom. The van der Waals surface area contributed by atoms with Crippen LogP contribution >= 0.6 is 0 Å². The van der Waals surface area contributed by atoms with Crippen molar-refractivity contribution in [3.63, 3.8) is 0 Å². The van der Waals surface area contributed by atoms with Crippen LogP contribution in [0.4, 0.5) is 5.82 Å². The first kappa shape index (κ1) is 14.5. The zero-order valence-corrected chi connectivity index (χ0v) is 13.2. The van der Waals surface area contributed by atoms with Gasteiger partial charge in [-0.2, -0.15) is 4.52 Å². The summed E-state index contributed by atoms with van der Waals surface area (Å²) in [5.41, 5.74) is 2.00. The third-order valence-electron chi connectivity index (χ3n) is 3.50. The van der Waals surface area contributed by atoms with Crippen LogP contribution in [0.2, 0.25) is 0 Å². The minimum Gasteiger partial charge on any atom is -0.368 e. The third kappa shape index (κ3) is 3.08. The molecule has 0 spiro atoms. The summed E-state index contributed by atoms with van der Waals surface area (Å²) in [5.74, 6) is 1.71. The molecular formula is C17H21N5. The molecule has 0 unspecified atom stereocenters. The zero-order valence-electron chi connectivity index (χ0n) is 13.2. The van der Waals surface area contributed by atoms with Crippen molar-refractivity contribution < 1.29 is 0 Å². The lowest BCUT2D eigenvalue weighted by molar-refractivity contribution is 0.527. The Morgan fingerprint density at radius 1 is 1.00 bits per heavy atom. The molecule has 0 saturated carbocycles. The van der Waals surface area contributed by atoms with Crippen molar-refractivity contribution >= 4 is 11.5 Å². The third-order valence-corrected chi connectivity index (χ3v) is 3.50. The van der Waals surface area contributed by atoms with Gasteiger partial charge in [-0.05, 0) is 24.1 Å². The lowest BCUT2D eigenvalue weighted by Crippen LogP contribution is -2.18. The van der Waals surface area contributed by atoms with Crippen LogP contribution in [0.3, 0.4) is 0 Å². The van der Waals surface area contributed by atoms with Gasteiger partial charge in [-0.1, -0.05) is 51.1 Å². The summed E-state index contributed by atoms with van der Waals surface area (Å²) in [7, 11) is 0. The fraction of sp³-hybridized carbons (Fsp3) is 0.353. The van der Waals surface area contributed by atoms with E-state index in [1.54, 1.807) is 0 Å². The maximum atomic E-state index is 4.61. The number of anilines is 1. The second-order valence-corrected chi connectivity index (χ2v) is 6.42. The van der Waals surface area contributed by atoms with Crippen LogP contribution in [0.1, 0.15) is 32.2 Å². The standard InChI is InChI=1S/C17H21N5/c1-17(2,3)16-20-19-15-10-9-14(21-22(15)16)18-12-11-13-7-5-4-6-8-13/h4-10H,11-12H2,1-3H3,(H,18,21). The molecule has 0 aliphatic heterocycles. The summed E-state index contributed by atoms with van der Waals surface area (Å²) in [5, 5.41) is 16.4. The van der Waals surface area contributed by atoms with E-state index >= 15 is 0 Å². The number of aromatic nitrogens is 4. The lowest BCUT2D eigenvalue weighted by Gasteiger charge is -2.15. The normalized spacial score (nSPS) is 11.8. The molecule has 2 heterocycles. The number of nitrogens with zero attached hydrogens (tertiary/aromatic N) is 4. The summed E-state index contributed by atoms with van der Waals surface area (Å²) in [6, 6.07) is 14.3. The highest BCUT2D eigenvalue weighted by Gasteiger charge is 2.21. The molecule has 0 bridgehead atoms. The Morgan fingerprint density at radius 2 is 1.77 bits per heavy atom. The van der Waals surface area contributed by atoms with Crippen molar-refractivity contribution in [2.45, 2.75) is 32.6 Å². The Balaban J connectivity index is 1.74. The maximum Gasteiger partial charge on any atom is 0.178 e. The van der Waals surface area contributed by atoms with E-state index in [0.717, 1.165) is 30.3 Å². The highest BCUT2D eigenvalue weighted by atomic mass is 15.4. The van der Waals surface area contributed by atoms with E-state index in [1.165, 1.54) is 5.56 Å². The van der Waals surface area contributed by atoms with E-state index in [4.69, 9.17) is 0 Å². The molecule has 0 aliphatic carbocycles. The average molecular weight is 295 g/mol. The highest BCUT2D eigenvalue weighted by Crippen LogP contribution is 2.20. The van der Waals surface area contributed by atoms with Gasteiger partial charge in [0.05, 0.1) is 0 Å². The molecule has 0 aliphatic rings. The van der Waals surface area contributed by atoms with Gasteiger partial charge in [-0.3, -0.25) is 0 Å². The van der Waals surface area contributed by atoms with Crippen LogP contribution < -0.4 is 5.32 Å². The van der Waals surface area contributed by atoms with Crippen molar-refractivity contribution in [3.05, 3.63) is 53.9 Å². The average Bonchev–Trinajstić information content (AvgIpc) is 2.91. The van der Waals surface area contributed by atoms with Gasteiger partial charge in [-0.25, -0.2) is 0 Å². The van der Waals surface area contributed by atoms with E-state index in [9.17, 15) is 0 Å². The molecule has 1 N–H and O–H groups in total. The van der Waals surface area contributed by atoms with Crippen LogP contribution in [-0.4, -0.2) is 26.4 Å². The zero-order chi connectivity index (χ0) is 15.6. The van der Waals surface area contributed by atoms with Gasteiger partial charge in [0.15, 0.2) is 11.5 Å². The van der Waals surface area contributed by atoms with E-state index in [-0.39, 0.29) is 5.41 Å². The van der Waals surface area contributed by atoms with Crippen molar-refractivity contribution in [1.82, 2.24) is 19.8 Å². The molecular weight excluding hydrogens is 274 g/mol. The minimum absolute atomic E-state index is 0.0882. The van der Waals surface area contributed by atoms with Crippen molar-refractivity contribution in [2.75, 3.05) is 11.9 Å². The quantitative estimate of drug-likeness (QED) is 0.803. The summed E-state index contributed by atoms with van der Waals surface area (Å²) in [6.07, 6.45) is 0.967. The second-order valence-electron chi connectivity index (χ2n) is 6.42. The molecule has 1 aromatic carbocycles. The smallest absolute Gasteiger partial charge is 0.178 e. The fourth-order valence-electron chi connectivity index (χ4n) is 2.33. The SMILES string of the molecule is CC(C)(C)c1nnc2ccc(NCCc3ccccc3)nn12. The Bertz CT molecular complexity index is 756. The predicted octanol–water partition coefficient (Wildman–Crippen LogP) is 3.08. The Kier molecular flexibility index (Phi) is 3.79. The second kappa shape index (κ2) is 5.75. The van der Waals surface area contributed by atoms with Crippen molar-refractivity contribution in [3.8, 4) is 0 Å². The molecule has 0 radical (unpaired) electrons. The van der Waals surface area contributed by atoms with E-state index in [1.807, 2.05) is 22.7 Å². The van der Waals surface area contributed by atoms with Gasteiger partial charge >= 0.3 is 0 Å². The summed E-state index contributed by atoms with van der Waals surface area (Å²) >= 11 is 0. The maximum absolute atomic E-state index is 4.61. The molecule has 0 amide bonds. The Hall–Kier alpha value is -2.43. The summed E-state index contributed by atoms with van der Waals surface area (Å²) in [4.78, 5) is 0. The number of fused-ring (bicyclic) bond motifs is 1. The molecule has 0 atom stereocenters. The van der Waals surface area contributed by atoms with Gasteiger partial charge in [0, 0.05) is 12.0 Å². The van der Waals surface area contributed by atoms with Gasteiger partial charge < -0.3 is 5.32 Å². The number of hydrogen-bond donors (Lipinski definition) is 1. The van der Waals surface area contributed by atoms with Crippen LogP contribution in [0.15, 0.2) is 42.5 Å². The lowest BCUT2D eigenvalue weighted by atomic mass is 9.96. The largest absolute Gasteiger partial charge is 0.368 e. The van der Waals surface area contributed by atoms with Gasteiger partial charge in [0.1, 0.15) is 5.82 Å². The molecule has 22 heavy (non-hydrogen) atoms. The monoisotopic (exact) mass is 295 g/mol. The van der Waals surface area contributed by atoms with Crippen LogP contribution in [0.25, 0.3) is 5.65 Å². The van der Waals surface area contributed by atoms with Crippen molar-refractivity contribution in [2.24, 2.45) is 0 Å². The molecule has 2 aromatic heterocycles. The number of nitrogens with one attached hydrogen (secondary N) is 1. The van der Waals surface area contributed by atoms with Crippen LogP contribution in [0.5, 0.6) is 0 Å². The first-order valence-electron chi connectivity index (χ1n) is 7.55. The van der Waals surface area contributed by atoms with Crippen molar-refractivity contribution in [1.29, 1.82) is 0 Å². The number of hydrogen-bond acceptors (Lipinski definition) is 4. The number of benzene rings is 1. The molecule has 5 nitrogen and oxygen atoms in total. The Labute approximate surface area is 130 Å². The van der Waals surface area contributed by atoms with Gasteiger partial charge in [0.25, 0.3) is 0 Å². The highest BCUT2D eigenvalue weighted by molar-refractivity contribution is 5.44. The molecule has 0 saturated heterocycles. The molecule has 0 fully saturated rings. The molecule has 5 heteroatoms. The van der Waals surface area contributed by atoms with E-state index in [2.05, 4.69) is 65.6 Å². The van der Waals surface area contributed by atoms with E-state index in [0.29, 0.717) is 0 Å². The predicted molar refractivity (Wildman–Crippen MR) is 88.1 cm³/mol. The first-order chi connectivity index (χ1) is 10.5. The molecule has 3 aromatic rings.